The number of anilines is 1. The van der Waals surface area contributed by atoms with Gasteiger partial charge < -0.3 is 10.5 Å². The third kappa shape index (κ3) is 2.96. The summed E-state index contributed by atoms with van der Waals surface area (Å²) in [5, 5.41) is 0.652. The van der Waals surface area contributed by atoms with Gasteiger partial charge in [0.1, 0.15) is 5.75 Å². The molecule has 2 N–H and O–H groups in total. The quantitative estimate of drug-likeness (QED) is 0.829. The summed E-state index contributed by atoms with van der Waals surface area (Å²) >= 11 is 5.89. The van der Waals surface area contributed by atoms with Crippen molar-refractivity contribution in [3.05, 3.63) is 47.5 Å². The van der Waals surface area contributed by atoms with Gasteiger partial charge in [0, 0.05) is 16.3 Å². The Kier molecular flexibility index (Phi) is 4.11. The molecule has 18 heavy (non-hydrogen) atoms. The number of ether oxygens (including phenoxy) is 1. The number of hydrogen-bond donors (Lipinski definition) is 1. The minimum atomic E-state index is 0.652. The topological polar surface area (TPSA) is 35.2 Å². The van der Waals surface area contributed by atoms with E-state index in [0.29, 0.717) is 10.7 Å². The van der Waals surface area contributed by atoms with E-state index in [-0.39, 0.29) is 0 Å². The number of benzene rings is 2. The molecule has 0 saturated carbocycles. The Morgan fingerprint density at radius 2 is 1.83 bits per heavy atom. The average Bonchev–Trinajstić information content (AvgIpc) is 2.37. The van der Waals surface area contributed by atoms with Crippen molar-refractivity contribution in [3.63, 3.8) is 0 Å². The van der Waals surface area contributed by atoms with Crippen molar-refractivity contribution in [1.29, 1.82) is 0 Å². The highest BCUT2D eigenvalue weighted by Gasteiger charge is 2.03. The second kappa shape index (κ2) is 5.78. The van der Waals surface area contributed by atoms with E-state index in [4.69, 9.17) is 22.1 Å². The summed E-state index contributed by atoms with van der Waals surface area (Å²) in [6.45, 7) is 2.82. The molecule has 2 nitrogen and oxygen atoms in total. The van der Waals surface area contributed by atoms with Crippen molar-refractivity contribution >= 4 is 17.3 Å². The van der Waals surface area contributed by atoms with E-state index < -0.39 is 0 Å². The van der Waals surface area contributed by atoms with E-state index >= 15 is 0 Å². The number of nitrogens with two attached hydrogens (primary N) is 1. The minimum Gasteiger partial charge on any atom is -0.494 e. The van der Waals surface area contributed by atoms with Crippen molar-refractivity contribution in [2.45, 2.75) is 13.3 Å². The van der Waals surface area contributed by atoms with Crippen LogP contribution < -0.4 is 10.5 Å². The van der Waals surface area contributed by atoms with E-state index in [1.807, 2.05) is 36.4 Å². The average molecular weight is 262 g/mol. The summed E-state index contributed by atoms with van der Waals surface area (Å²) in [5.74, 6) is 0.883. The van der Waals surface area contributed by atoms with E-state index in [1.165, 1.54) is 0 Å². The highest BCUT2D eigenvalue weighted by Crippen LogP contribution is 2.29. The Labute approximate surface area is 112 Å². The first-order chi connectivity index (χ1) is 8.70. The van der Waals surface area contributed by atoms with Crippen LogP contribution in [0.1, 0.15) is 13.3 Å². The predicted octanol–water partition coefficient (Wildman–Crippen LogP) is 4.38. The molecule has 2 aromatic carbocycles. The van der Waals surface area contributed by atoms with Crippen LogP contribution in [-0.4, -0.2) is 6.61 Å². The zero-order valence-electron chi connectivity index (χ0n) is 10.3. The molecule has 0 aliphatic carbocycles. The maximum Gasteiger partial charge on any atom is 0.119 e. The van der Waals surface area contributed by atoms with E-state index in [0.717, 1.165) is 29.9 Å². The molecular weight excluding hydrogens is 246 g/mol. The van der Waals surface area contributed by atoms with Gasteiger partial charge in [-0.3, -0.25) is 0 Å². The fourth-order valence-corrected chi connectivity index (χ4v) is 1.93. The maximum absolute atomic E-state index is 5.96. The molecule has 0 unspecified atom stereocenters. The lowest BCUT2D eigenvalue weighted by molar-refractivity contribution is 0.317. The van der Waals surface area contributed by atoms with Crippen molar-refractivity contribution in [2.75, 3.05) is 12.3 Å². The normalized spacial score (nSPS) is 10.3. The smallest absolute Gasteiger partial charge is 0.119 e. The number of halogens is 1. The molecule has 0 radical (unpaired) electrons. The molecule has 0 heterocycles. The highest BCUT2D eigenvalue weighted by molar-refractivity contribution is 6.31. The number of nitrogen functional groups attached to an aromatic ring is 1. The van der Waals surface area contributed by atoms with Gasteiger partial charge >= 0.3 is 0 Å². The Morgan fingerprint density at radius 3 is 2.44 bits per heavy atom. The van der Waals surface area contributed by atoms with E-state index in [2.05, 4.69) is 6.92 Å². The fourth-order valence-electron chi connectivity index (χ4n) is 1.75. The van der Waals surface area contributed by atoms with Gasteiger partial charge in [-0.05, 0) is 36.2 Å². The molecule has 0 aromatic heterocycles. The van der Waals surface area contributed by atoms with Crippen LogP contribution >= 0.6 is 11.6 Å². The molecule has 2 rings (SSSR count). The minimum absolute atomic E-state index is 0.652. The molecule has 2 aromatic rings. The third-order valence-electron chi connectivity index (χ3n) is 2.65. The second-order valence-electron chi connectivity index (χ2n) is 4.10. The van der Waals surface area contributed by atoms with Crippen molar-refractivity contribution < 1.29 is 4.74 Å². The van der Waals surface area contributed by atoms with E-state index in [1.54, 1.807) is 6.07 Å². The Hall–Kier alpha value is -1.67. The van der Waals surface area contributed by atoms with Gasteiger partial charge in [0.25, 0.3) is 0 Å². The molecule has 0 aliphatic rings. The highest BCUT2D eigenvalue weighted by atomic mass is 35.5. The molecule has 0 fully saturated rings. The second-order valence-corrected chi connectivity index (χ2v) is 4.54. The van der Waals surface area contributed by atoms with Crippen molar-refractivity contribution in [1.82, 2.24) is 0 Å². The summed E-state index contributed by atoms with van der Waals surface area (Å²) in [4.78, 5) is 0. The Bertz CT molecular complexity index is 523. The third-order valence-corrected chi connectivity index (χ3v) is 2.89. The van der Waals surface area contributed by atoms with Crippen LogP contribution in [0.3, 0.4) is 0 Å². The van der Waals surface area contributed by atoms with Gasteiger partial charge in [0.2, 0.25) is 0 Å². The fraction of sp³-hybridized carbons (Fsp3) is 0.200. The van der Waals surface area contributed by atoms with Crippen LogP contribution in [0.4, 0.5) is 5.69 Å². The van der Waals surface area contributed by atoms with Gasteiger partial charge in [-0.15, -0.1) is 0 Å². The monoisotopic (exact) mass is 261 g/mol. The molecule has 0 aliphatic heterocycles. The largest absolute Gasteiger partial charge is 0.494 e. The van der Waals surface area contributed by atoms with Gasteiger partial charge in [0.15, 0.2) is 0 Å². The lowest BCUT2D eigenvalue weighted by atomic mass is 10.0. The number of rotatable bonds is 4. The predicted molar refractivity (Wildman–Crippen MR) is 77.1 cm³/mol. The Morgan fingerprint density at radius 1 is 1.11 bits per heavy atom. The van der Waals surface area contributed by atoms with Crippen LogP contribution in [0.15, 0.2) is 42.5 Å². The van der Waals surface area contributed by atoms with E-state index in [9.17, 15) is 0 Å². The summed E-state index contributed by atoms with van der Waals surface area (Å²) < 4.78 is 5.54. The van der Waals surface area contributed by atoms with Crippen molar-refractivity contribution in [2.24, 2.45) is 0 Å². The first-order valence-corrected chi connectivity index (χ1v) is 6.36. The lowest BCUT2D eigenvalue weighted by Crippen LogP contribution is -1.95. The van der Waals surface area contributed by atoms with Crippen LogP contribution in [0.25, 0.3) is 11.1 Å². The zero-order chi connectivity index (χ0) is 13.0. The molecule has 94 valence electrons. The molecule has 0 atom stereocenters. The lowest BCUT2D eigenvalue weighted by Gasteiger charge is -2.08. The molecule has 0 amide bonds. The van der Waals surface area contributed by atoms with Gasteiger partial charge in [-0.25, -0.2) is 0 Å². The Balaban J connectivity index is 2.23. The molecule has 0 bridgehead atoms. The summed E-state index contributed by atoms with van der Waals surface area (Å²) in [6, 6.07) is 13.5. The zero-order valence-corrected chi connectivity index (χ0v) is 11.1. The van der Waals surface area contributed by atoms with Gasteiger partial charge in [-0.2, -0.15) is 0 Å². The summed E-state index contributed by atoms with van der Waals surface area (Å²) in [7, 11) is 0. The van der Waals surface area contributed by atoms with Crippen molar-refractivity contribution in [3.8, 4) is 16.9 Å². The van der Waals surface area contributed by atoms with Gasteiger partial charge in [0.05, 0.1) is 6.61 Å². The molecule has 0 spiro atoms. The SMILES string of the molecule is CCCOc1ccc(-c2ccc(Cl)cc2N)cc1. The first-order valence-electron chi connectivity index (χ1n) is 5.99. The summed E-state index contributed by atoms with van der Waals surface area (Å²) in [6.07, 6.45) is 1.01. The van der Waals surface area contributed by atoms with Crippen LogP contribution in [0.2, 0.25) is 5.02 Å². The molecule has 0 saturated heterocycles. The van der Waals surface area contributed by atoms with Crippen LogP contribution in [0, 0.1) is 0 Å². The standard InChI is InChI=1S/C15H16ClNO/c1-2-9-18-13-6-3-11(4-7-13)14-8-5-12(16)10-15(14)17/h3-8,10H,2,9,17H2,1H3. The van der Waals surface area contributed by atoms with Crippen LogP contribution in [-0.2, 0) is 0 Å². The maximum atomic E-state index is 5.96. The first kappa shape index (κ1) is 12.8. The van der Waals surface area contributed by atoms with Crippen LogP contribution in [0.5, 0.6) is 5.75 Å². The molecule has 3 heteroatoms. The molecular formula is C15H16ClNO. The summed E-state index contributed by atoms with van der Waals surface area (Å²) in [5.41, 5.74) is 8.69. The number of hydrogen-bond acceptors (Lipinski definition) is 2. The van der Waals surface area contributed by atoms with Gasteiger partial charge in [-0.1, -0.05) is 36.7 Å².